The minimum absolute atomic E-state index is 0.0613. The Morgan fingerprint density at radius 1 is 1.54 bits per heavy atom. The second kappa shape index (κ2) is 3.96. The van der Waals surface area contributed by atoms with Gasteiger partial charge in [-0.05, 0) is 0 Å². The van der Waals surface area contributed by atoms with Crippen molar-refractivity contribution in [2.24, 2.45) is 0 Å². The molecule has 72 valence electrons. The molecule has 0 radical (unpaired) electrons. The number of carbonyl (C=O) groups is 1. The highest BCUT2D eigenvalue weighted by atomic mass is 35.6. The van der Waals surface area contributed by atoms with E-state index in [1.165, 1.54) is 6.92 Å². The van der Waals surface area contributed by atoms with Gasteiger partial charge < -0.3 is 5.32 Å². The van der Waals surface area contributed by atoms with Crippen molar-refractivity contribution in [2.45, 2.75) is 10.7 Å². The number of carbonyl (C=O) groups excluding carboxylic acids is 1. The third kappa shape index (κ3) is 3.27. The lowest BCUT2D eigenvalue weighted by molar-refractivity contribution is -0.114. The van der Waals surface area contributed by atoms with Gasteiger partial charge in [-0.15, -0.1) is 0 Å². The van der Waals surface area contributed by atoms with Crippen LogP contribution in [0, 0.1) is 0 Å². The Labute approximate surface area is 93.4 Å². The van der Waals surface area contributed by atoms with Gasteiger partial charge in [0.05, 0.1) is 0 Å². The van der Waals surface area contributed by atoms with Crippen LogP contribution in [-0.2, 0) is 8.59 Å². The first-order chi connectivity index (χ1) is 5.89. The SMILES string of the molecule is CC(=O)Nc1nc(C(Cl)(Cl)Cl)ns1. The maximum absolute atomic E-state index is 10.6. The van der Waals surface area contributed by atoms with Gasteiger partial charge in [-0.1, -0.05) is 34.8 Å². The minimum atomic E-state index is -1.65. The monoisotopic (exact) mass is 259 g/mol. The molecule has 13 heavy (non-hydrogen) atoms. The van der Waals surface area contributed by atoms with E-state index in [1.54, 1.807) is 0 Å². The van der Waals surface area contributed by atoms with Crippen LogP contribution >= 0.6 is 46.3 Å². The summed E-state index contributed by atoms with van der Waals surface area (Å²) in [6, 6.07) is 0. The second-order valence-corrected chi connectivity index (χ2v) is 5.14. The standard InChI is InChI=1S/C5H4Cl3N3OS/c1-2(12)9-4-10-3(11-13-4)5(6,7)8/h1H3,(H,9,10,11,12). The highest BCUT2D eigenvalue weighted by Gasteiger charge is 2.28. The smallest absolute Gasteiger partial charge is 0.251 e. The number of nitrogens with one attached hydrogen (secondary N) is 1. The Morgan fingerprint density at radius 3 is 2.54 bits per heavy atom. The van der Waals surface area contributed by atoms with E-state index in [0.29, 0.717) is 5.13 Å². The highest BCUT2D eigenvalue weighted by molar-refractivity contribution is 7.10. The predicted molar refractivity (Wildman–Crippen MR) is 53.4 cm³/mol. The van der Waals surface area contributed by atoms with Crippen molar-refractivity contribution in [1.82, 2.24) is 9.36 Å². The topological polar surface area (TPSA) is 54.9 Å². The van der Waals surface area contributed by atoms with Crippen molar-refractivity contribution in [3.05, 3.63) is 5.82 Å². The molecule has 0 unspecified atom stereocenters. The molecule has 1 rings (SSSR count). The number of halogens is 3. The van der Waals surface area contributed by atoms with Crippen LogP contribution in [-0.4, -0.2) is 15.3 Å². The Kier molecular flexibility index (Phi) is 3.34. The lowest BCUT2D eigenvalue weighted by Gasteiger charge is -2.03. The fraction of sp³-hybridized carbons (Fsp3) is 0.400. The zero-order valence-electron chi connectivity index (χ0n) is 6.34. The molecule has 1 amide bonds. The number of rotatable bonds is 1. The van der Waals surface area contributed by atoms with E-state index in [0.717, 1.165) is 11.5 Å². The molecule has 0 aromatic carbocycles. The Bertz CT molecular complexity index is 321. The summed E-state index contributed by atoms with van der Waals surface area (Å²) in [5.74, 6) is -0.182. The van der Waals surface area contributed by atoms with Crippen molar-refractivity contribution in [3.63, 3.8) is 0 Å². The Morgan fingerprint density at radius 2 is 2.15 bits per heavy atom. The minimum Gasteiger partial charge on any atom is -0.301 e. The maximum Gasteiger partial charge on any atom is 0.251 e. The molecule has 8 heteroatoms. The van der Waals surface area contributed by atoms with E-state index in [1.807, 2.05) is 0 Å². The van der Waals surface area contributed by atoms with Crippen molar-refractivity contribution in [1.29, 1.82) is 0 Å². The molecule has 0 aliphatic carbocycles. The number of amides is 1. The summed E-state index contributed by atoms with van der Waals surface area (Å²) in [4.78, 5) is 14.4. The first-order valence-corrected chi connectivity index (χ1v) is 4.99. The zero-order chi connectivity index (χ0) is 10.1. The van der Waals surface area contributed by atoms with Crippen LogP contribution < -0.4 is 5.32 Å². The van der Waals surface area contributed by atoms with Gasteiger partial charge >= 0.3 is 0 Å². The Hall–Kier alpha value is -0.100. The normalized spacial score (nSPS) is 11.4. The molecule has 0 atom stereocenters. The second-order valence-electron chi connectivity index (χ2n) is 2.10. The van der Waals surface area contributed by atoms with Gasteiger partial charge in [0.25, 0.3) is 3.79 Å². The molecular weight excluding hydrogens is 257 g/mol. The van der Waals surface area contributed by atoms with E-state index in [9.17, 15) is 4.79 Å². The molecule has 1 heterocycles. The van der Waals surface area contributed by atoms with E-state index >= 15 is 0 Å². The molecule has 0 saturated carbocycles. The predicted octanol–water partition coefficient (Wildman–Crippen LogP) is 2.32. The van der Waals surface area contributed by atoms with Crippen molar-refractivity contribution < 1.29 is 4.79 Å². The number of hydrogen-bond acceptors (Lipinski definition) is 4. The number of anilines is 1. The van der Waals surface area contributed by atoms with Gasteiger partial charge in [0.2, 0.25) is 11.0 Å². The van der Waals surface area contributed by atoms with E-state index < -0.39 is 3.79 Å². The quantitative estimate of drug-likeness (QED) is 0.789. The van der Waals surface area contributed by atoms with Crippen LogP contribution in [0.3, 0.4) is 0 Å². The summed E-state index contributed by atoms with van der Waals surface area (Å²) in [6.07, 6.45) is 0. The van der Waals surface area contributed by atoms with Crippen LogP contribution in [0.4, 0.5) is 5.13 Å². The van der Waals surface area contributed by atoms with Crippen LogP contribution in [0.1, 0.15) is 12.7 Å². The summed E-state index contributed by atoms with van der Waals surface area (Å²) >= 11 is 17.5. The summed E-state index contributed by atoms with van der Waals surface area (Å²) < 4.78 is 2.11. The number of aromatic nitrogens is 2. The lowest BCUT2D eigenvalue weighted by Crippen LogP contribution is -2.07. The molecule has 1 aromatic heterocycles. The number of nitrogens with zero attached hydrogens (tertiary/aromatic N) is 2. The van der Waals surface area contributed by atoms with Crippen LogP contribution in [0.5, 0.6) is 0 Å². The molecule has 0 spiro atoms. The zero-order valence-corrected chi connectivity index (χ0v) is 9.43. The Balaban J connectivity index is 2.81. The van der Waals surface area contributed by atoms with Crippen molar-refractivity contribution in [2.75, 3.05) is 5.32 Å². The highest BCUT2D eigenvalue weighted by Crippen LogP contribution is 2.37. The molecule has 1 N–H and O–H groups in total. The fourth-order valence-corrected chi connectivity index (χ4v) is 1.61. The van der Waals surface area contributed by atoms with Crippen LogP contribution in [0.15, 0.2) is 0 Å². The molecule has 0 saturated heterocycles. The molecule has 4 nitrogen and oxygen atoms in total. The first-order valence-electron chi connectivity index (χ1n) is 3.08. The summed E-state index contributed by atoms with van der Waals surface area (Å²) in [5, 5.41) is 2.74. The lowest BCUT2D eigenvalue weighted by atomic mass is 10.7. The first kappa shape index (κ1) is 11.0. The van der Waals surface area contributed by atoms with E-state index in [-0.39, 0.29) is 11.7 Å². The maximum atomic E-state index is 10.6. The van der Waals surface area contributed by atoms with Gasteiger partial charge in [0.15, 0.2) is 5.82 Å². The molecule has 1 aromatic rings. The molecule has 0 aliphatic heterocycles. The summed E-state index contributed by atoms with van der Waals surface area (Å²) in [7, 11) is 0. The largest absolute Gasteiger partial charge is 0.301 e. The van der Waals surface area contributed by atoms with Gasteiger partial charge in [0, 0.05) is 18.5 Å². The summed E-state index contributed by atoms with van der Waals surface area (Å²) in [5.41, 5.74) is 0. The molecule has 0 bridgehead atoms. The van der Waals surface area contributed by atoms with Gasteiger partial charge in [-0.3, -0.25) is 4.79 Å². The fourth-order valence-electron chi connectivity index (χ4n) is 0.540. The van der Waals surface area contributed by atoms with Crippen molar-refractivity contribution in [3.8, 4) is 0 Å². The van der Waals surface area contributed by atoms with Gasteiger partial charge in [-0.2, -0.15) is 9.36 Å². The van der Waals surface area contributed by atoms with Gasteiger partial charge in [-0.25, -0.2) is 0 Å². The average Bonchev–Trinajstić information content (AvgIpc) is 2.32. The van der Waals surface area contributed by atoms with Crippen LogP contribution in [0.25, 0.3) is 0 Å². The van der Waals surface area contributed by atoms with Gasteiger partial charge in [0.1, 0.15) is 0 Å². The molecule has 0 aliphatic rings. The number of alkyl halides is 3. The van der Waals surface area contributed by atoms with E-state index in [4.69, 9.17) is 34.8 Å². The summed E-state index contributed by atoms with van der Waals surface area (Å²) in [6.45, 7) is 1.36. The molecular formula is C5H4Cl3N3OS. The van der Waals surface area contributed by atoms with E-state index in [2.05, 4.69) is 14.7 Å². The third-order valence-corrected chi connectivity index (χ3v) is 2.10. The third-order valence-electron chi connectivity index (χ3n) is 0.963. The van der Waals surface area contributed by atoms with Crippen molar-refractivity contribution >= 4 is 57.4 Å². The average molecular weight is 261 g/mol. The number of hydrogen-bond donors (Lipinski definition) is 1. The van der Waals surface area contributed by atoms with Crippen LogP contribution in [0.2, 0.25) is 0 Å². The molecule has 0 fully saturated rings.